The minimum atomic E-state index is 0.253. The van der Waals surface area contributed by atoms with Crippen molar-refractivity contribution in [3.63, 3.8) is 0 Å². The third-order valence-corrected chi connectivity index (χ3v) is 8.55. The van der Waals surface area contributed by atoms with Crippen molar-refractivity contribution >= 4 is 50.6 Å². The van der Waals surface area contributed by atoms with E-state index < -0.39 is 0 Å². The summed E-state index contributed by atoms with van der Waals surface area (Å²) < 4.78 is 1.22. The van der Waals surface area contributed by atoms with Crippen LogP contribution in [0.15, 0.2) is 79.0 Å². The molecule has 1 saturated heterocycles. The Morgan fingerprint density at radius 1 is 0.919 bits per heavy atom. The summed E-state index contributed by atoms with van der Waals surface area (Å²) in [6, 6.07) is 27.0. The van der Waals surface area contributed by atoms with Crippen molar-refractivity contribution in [2.24, 2.45) is 0 Å². The molecule has 37 heavy (non-hydrogen) atoms. The Hall–Kier alpha value is -2.68. The van der Waals surface area contributed by atoms with Crippen LogP contribution >= 0.6 is 22.6 Å². The molecule has 0 unspecified atom stereocenters. The highest BCUT2D eigenvalue weighted by molar-refractivity contribution is 14.1. The molecule has 0 spiro atoms. The van der Waals surface area contributed by atoms with Gasteiger partial charge in [-0.3, -0.25) is 4.98 Å². The van der Waals surface area contributed by atoms with Crippen LogP contribution < -0.4 is 15.5 Å². The zero-order chi connectivity index (χ0) is 25.2. The molecule has 3 heterocycles. The van der Waals surface area contributed by atoms with E-state index in [0.717, 1.165) is 38.1 Å². The Morgan fingerprint density at radius 2 is 1.62 bits per heavy atom. The Labute approximate surface area is 233 Å². The van der Waals surface area contributed by atoms with Gasteiger partial charge in [0.2, 0.25) is 0 Å². The van der Waals surface area contributed by atoms with E-state index in [2.05, 4.69) is 128 Å². The molecule has 4 aromatic rings. The zero-order valence-corrected chi connectivity index (χ0v) is 23.5. The third kappa shape index (κ3) is 5.19. The summed E-state index contributed by atoms with van der Waals surface area (Å²) in [4.78, 5) is 9.48. The van der Waals surface area contributed by atoms with E-state index in [1.807, 2.05) is 6.20 Å². The number of piperidine rings is 1. The summed E-state index contributed by atoms with van der Waals surface area (Å²) in [5.74, 6) is 0. The van der Waals surface area contributed by atoms with E-state index in [1.54, 1.807) is 0 Å². The number of halogens is 1. The highest BCUT2D eigenvalue weighted by Gasteiger charge is 2.30. The molecular formula is C31H34IN5. The molecule has 190 valence electrons. The van der Waals surface area contributed by atoms with Gasteiger partial charge in [0.1, 0.15) is 0 Å². The van der Waals surface area contributed by atoms with Gasteiger partial charge >= 0.3 is 0 Å². The molecule has 2 N–H and O–H groups in total. The molecule has 2 aliphatic rings. The zero-order valence-electron chi connectivity index (χ0n) is 21.3. The van der Waals surface area contributed by atoms with Gasteiger partial charge in [0.15, 0.2) is 0 Å². The molecule has 1 aromatic heterocycles. The van der Waals surface area contributed by atoms with Crippen LogP contribution in [0.3, 0.4) is 0 Å². The van der Waals surface area contributed by atoms with Crippen molar-refractivity contribution in [3.8, 4) is 0 Å². The second kappa shape index (κ2) is 11.0. The molecule has 1 fully saturated rings. The molecule has 5 nitrogen and oxygen atoms in total. The summed E-state index contributed by atoms with van der Waals surface area (Å²) in [6.45, 7) is 4.43. The normalized spacial score (nSPS) is 16.5. The maximum atomic E-state index is 4.52. The number of hydrogen-bond acceptors (Lipinski definition) is 5. The summed E-state index contributed by atoms with van der Waals surface area (Å²) in [7, 11) is 2.18. The van der Waals surface area contributed by atoms with E-state index in [0.29, 0.717) is 6.04 Å². The van der Waals surface area contributed by atoms with Crippen LogP contribution in [0.25, 0.3) is 10.9 Å². The van der Waals surface area contributed by atoms with Crippen LogP contribution in [0.4, 0.5) is 17.1 Å². The molecule has 0 bridgehead atoms. The fourth-order valence-corrected chi connectivity index (χ4v) is 6.39. The average Bonchev–Trinajstić information content (AvgIpc) is 2.94. The Morgan fingerprint density at radius 3 is 2.35 bits per heavy atom. The van der Waals surface area contributed by atoms with Crippen molar-refractivity contribution in [1.82, 2.24) is 15.2 Å². The minimum Gasteiger partial charge on any atom is -0.384 e. The van der Waals surface area contributed by atoms with Gasteiger partial charge in [0.05, 0.1) is 11.6 Å². The number of benzene rings is 3. The highest BCUT2D eigenvalue weighted by Crippen LogP contribution is 2.43. The number of likely N-dealkylation sites (tertiary alicyclic amines) is 1. The number of rotatable bonds is 7. The monoisotopic (exact) mass is 603 g/mol. The number of pyridine rings is 1. The molecule has 0 saturated carbocycles. The second-order valence-corrected chi connectivity index (χ2v) is 11.4. The number of nitrogens with one attached hydrogen (secondary N) is 2. The predicted octanol–water partition coefficient (Wildman–Crippen LogP) is 6.57. The van der Waals surface area contributed by atoms with E-state index in [1.165, 1.54) is 50.0 Å². The van der Waals surface area contributed by atoms with Crippen LogP contribution in [0.5, 0.6) is 0 Å². The largest absolute Gasteiger partial charge is 0.384 e. The molecule has 0 aliphatic carbocycles. The van der Waals surface area contributed by atoms with E-state index in [9.17, 15) is 0 Å². The number of fused-ring (bicyclic) bond motifs is 3. The smallest absolute Gasteiger partial charge is 0.0733 e. The van der Waals surface area contributed by atoms with Crippen LogP contribution in [0.2, 0.25) is 0 Å². The number of nitrogens with zero attached hydrogens (tertiary/aromatic N) is 3. The maximum Gasteiger partial charge on any atom is 0.0733 e. The van der Waals surface area contributed by atoms with Crippen LogP contribution in [-0.2, 0) is 0 Å². The van der Waals surface area contributed by atoms with Crippen molar-refractivity contribution < 1.29 is 0 Å². The van der Waals surface area contributed by atoms with Crippen molar-refractivity contribution in [2.75, 3.05) is 43.4 Å². The fourth-order valence-electron chi connectivity index (χ4n) is 5.91. The molecule has 0 radical (unpaired) electrons. The quantitative estimate of drug-likeness (QED) is 0.185. The molecule has 6 heteroatoms. The summed E-state index contributed by atoms with van der Waals surface area (Å²) in [6.07, 6.45) is 5.43. The highest BCUT2D eigenvalue weighted by atomic mass is 127. The van der Waals surface area contributed by atoms with Gasteiger partial charge in [-0.15, -0.1) is 0 Å². The Kier molecular flexibility index (Phi) is 7.31. The number of hydrogen-bond donors (Lipinski definition) is 2. The fraction of sp³-hybridized carbons (Fsp3) is 0.323. The van der Waals surface area contributed by atoms with E-state index in [4.69, 9.17) is 0 Å². The topological polar surface area (TPSA) is 43.4 Å². The van der Waals surface area contributed by atoms with Crippen molar-refractivity contribution in [1.29, 1.82) is 0 Å². The van der Waals surface area contributed by atoms with Crippen LogP contribution in [0.1, 0.15) is 36.4 Å². The van der Waals surface area contributed by atoms with Gasteiger partial charge in [-0.1, -0.05) is 36.4 Å². The lowest BCUT2D eigenvalue weighted by Gasteiger charge is -2.39. The predicted molar refractivity (Wildman–Crippen MR) is 163 cm³/mol. The average molecular weight is 604 g/mol. The first-order chi connectivity index (χ1) is 18.2. The maximum absolute atomic E-state index is 4.52. The van der Waals surface area contributed by atoms with Crippen molar-refractivity contribution in [2.45, 2.75) is 31.3 Å². The number of aromatic nitrogens is 1. The van der Waals surface area contributed by atoms with Gasteiger partial charge in [0.25, 0.3) is 0 Å². The van der Waals surface area contributed by atoms with Gasteiger partial charge < -0.3 is 20.4 Å². The van der Waals surface area contributed by atoms with Gasteiger partial charge in [0, 0.05) is 51.8 Å². The molecule has 6 rings (SSSR count). The first-order valence-corrected chi connectivity index (χ1v) is 14.4. The Bertz CT molecular complexity index is 1330. The second-order valence-electron chi connectivity index (χ2n) is 10.2. The van der Waals surface area contributed by atoms with Crippen molar-refractivity contribution in [3.05, 3.63) is 93.7 Å². The number of para-hydroxylation sites is 2. The molecule has 0 amide bonds. The van der Waals surface area contributed by atoms with Gasteiger partial charge in [-0.25, -0.2) is 0 Å². The lowest BCUT2D eigenvalue weighted by molar-refractivity contribution is 0.193. The molecular weight excluding hydrogens is 569 g/mol. The summed E-state index contributed by atoms with van der Waals surface area (Å²) in [5, 5.41) is 8.90. The SMILES string of the molecule is CN1c2ccccc2C(NC2CCN(CCCNc3ccnc4cc(I)ccc34)CC2)c2ccccc21. The van der Waals surface area contributed by atoms with Crippen LogP contribution in [-0.4, -0.2) is 49.2 Å². The minimum absolute atomic E-state index is 0.253. The summed E-state index contributed by atoms with van der Waals surface area (Å²) in [5.41, 5.74) is 7.62. The molecule has 3 aromatic carbocycles. The first kappa shape index (κ1) is 24.6. The van der Waals surface area contributed by atoms with E-state index >= 15 is 0 Å². The molecule has 0 atom stereocenters. The first-order valence-electron chi connectivity index (χ1n) is 13.4. The number of anilines is 3. The van der Waals surface area contributed by atoms with E-state index in [-0.39, 0.29) is 6.04 Å². The van der Waals surface area contributed by atoms with Gasteiger partial charge in [-0.2, -0.15) is 0 Å². The Balaban J connectivity index is 1.02. The van der Waals surface area contributed by atoms with Gasteiger partial charge in [-0.05, 0) is 109 Å². The molecule has 2 aliphatic heterocycles. The van der Waals surface area contributed by atoms with Crippen LogP contribution in [0, 0.1) is 3.57 Å². The lowest BCUT2D eigenvalue weighted by atomic mass is 9.89. The standard InChI is InChI=1S/C31H34IN5/c1-36-29-9-4-2-7-25(29)31(26-8-3-5-10-30(26)36)35-23-14-19-37(20-15-23)18-6-16-33-27-13-17-34-28-21-22(32)11-12-24(27)28/h2-5,7-13,17,21,23,31,35H,6,14-16,18-20H2,1H3,(H,33,34). The summed E-state index contributed by atoms with van der Waals surface area (Å²) >= 11 is 2.34. The lowest BCUT2D eigenvalue weighted by Crippen LogP contribution is -2.45. The third-order valence-electron chi connectivity index (χ3n) is 7.88.